The van der Waals surface area contributed by atoms with Crippen LogP contribution in [0.1, 0.15) is 38.5 Å². The molecule has 1 N–H and O–H groups in total. The van der Waals surface area contributed by atoms with Crippen LogP contribution in [-0.4, -0.2) is 30.7 Å². The normalized spacial score (nSPS) is 16.8. The molecular formula is C19H24N2O3. The molecule has 1 aliphatic carbocycles. The number of anilines is 1. The molecule has 5 heteroatoms. The largest absolute Gasteiger partial charge is 0.494 e. The summed E-state index contributed by atoms with van der Waals surface area (Å²) in [5, 5.41) is 3.90. The van der Waals surface area contributed by atoms with Crippen LogP contribution in [-0.2, 0) is 9.53 Å². The number of nitrogens with one attached hydrogen (secondary N) is 1. The van der Waals surface area contributed by atoms with Gasteiger partial charge in [-0.2, -0.15) is 0 Å². The second kappa shape index (κ2) is 7.18. The van der Waals surface area contributed by atoms with Gasteiger partial charge in [0, 0.05) is 18.7 Å². The maximum absolute atomic E-state index is 12.6. The van der Waals surface area contributed by atoms with E-state index in [-0.39, 0.29) is 11.5 Å². The molecule has 3 rings (SSSR count). The van der Waals surface area contributed by atoms with Crippen molar-refractivity contribution >= 4 is 22.5 Å². The molecule has 1 heterocycles. The van der Waals surface area contributed by atoms with Gasteiger partial charge in [-0.05, 0) is 37.1 Å². The van der Waals surface area contributed by atoms with Crippen molar-refractivity contribution in [1.82, 2.24) is 4.98 Å². The van der Waals surface area contributed by atoms with Gasteiger partial charge in [-0.15, -0.1) is 0 Å². The summed E-state index contributed by atoms with van der Waals surface area (Å²) < 4.78 is 11.1. The topological polar surface area (TPSA) is 60.5 Å². The molecule has 128 valence electrons. The minimum atomic E-state index is -0.317. The van der Waals surface area contributed by atoms with Crippen LogP contribution in [0.5, 0.6) is 5.75 Å². The number of pyridine rings is 1. The van der Waals surface area contributed by atoms with Gasteiger partial charge in [0.05, 0.1) is 24.8 Å². The fraction of sp³-hybridized carbons (Fsp3) is 0.474. The van der Waals surface area contributed by atoms with Gasteiger partial charge in [-0.1, -0.05) is 19.3 Å². The fourth-order valence-corrected chi connectivity index (χ4v) is 3.56. The van der Waals surface area contributed by atoms with Crippen LogP contribution in [0.25, 0.3) is 10.9 Å². The summed E-state index contributed by atoms with van der Waals surface area (Å²) in [6, 6.07) is 7.49. The SMILES string of the molecule is COc1ccc(NC(=O)CC2(OC)CCCCC2)c2cccnc12. The van der Waals surface area contributed by atoms with Gasteiger partial charge in [0.25, 0.3) is 0 Å². The summed E-state index contributed by atoms with van der Waals surface area (Å²) in [7, 11) is 3.33. The highest BCUT2D eigenvalue weighted by atomic mass is 16.5. The van der Waals surface area contributed by atoms with E-state index in [1.54, 1.807) is 20.4 Å². The predicted octanol–water partition coefficient (Wildman–Crippen LogP) is 3.92. The summed E-state index contributed by atoms with van der Waals surface area (Å²) >= 11 is 0. The van der Waals surface area contributed by atoms with Crippen LogP contribution < -0.4 is 10.1 Å². The predicted molar refractivity (Wildman–Crippen MR) is 94.4 cm³/mol. The van der Waals surface area contributed by atoms with E-state index in [1.807, 2.05) is 24.3 Å². The smallest absolute Gasteiger partial charge is 0.227 e. The van der Waals surface area contributed by atoms with Crippen molar-refractivity contribution in [1.29, 1.82) is 0 Å². The van der Waals surface area contributed by atoms with Crippen molar-refractivity contribution in [3.05, 3.63) is 30.5 Å². The average molecular weight is 328 g/mol. The van der Waals surface area contributed by atoms with E-state index in [4.69, 9.17) is 9.47 Å². The molecule has 0 saturated heterocycles. The number of rotatable bonds is 5. The first-order chi connectivity index (χ1) is 11.7. The molecule has 5 nitrogen and oxygen atoms in total. The lowest BCUT2D eigenvalue weighted by Gasteiger charge is -2.35. The first-order valence-electron chi connectivity index (χ1n) is 8.44. The van der Waals surface area contributed by atoms with Crippen LogP contribution in [0, 0.1) is 0 Å². The lowest BCUT2D eigenvalue weighted by atomic mass is 9.82. The minimum Gasteiger partial charge on any atom is -0.494 e. The molecule has 0 unspecified atom stereocenters. The maximum Gasteiger partial charge on any atom is 0.227 e. The standard InChI is InChI=1S/C19H24N2O3/c1-23-16-9-8-15(14-7-6-12-20-18(14)16)21-17(22)13-19(24-2)10-4-3-5-11-19/h6-9,12H,3-5,10-11,13H2,1-2H3,(H,21,22). The number of carbonyl (C=O) groups excluding carboxylic acids is 1. The highest BCUT2D eigenvalue weighted by Gasteiger charge is 2.34. The van der Waals surface area contributed by atoms with Gasteiger partial charge < -0.3 is 14.8 Å². The number of aromatic nitrogens is 1. The van der Waals surface area contributed by atoms with Crippen LogP contribution >= 0.6 is 0 Å². The Morgan fingerprint density at radius 2 is 2.00 bits per heavy atom. The zero-order valence-corrected chi connectivity index (χ0v) is 14.3. The van der Waals surface area contributed by atoms with Gasteiger partial charge in [0.15, 0.2) is 0 Å². The second-order valence-corrected chi connectivity index (χ2v) is 6.39. The molecule has 0 radical (unpaired) electrons. The fourth-order valence-electron chi connectivity index (χ4n) is 3.56. The number of nitrogens with zero attached hydrogens (tertiary/aromatic N) is 1. The summed E-state index contributed by atoms with van der Waals surface area (Å²) in [5.74, 6) is 0.679. The Morgan fingerprint density at radius 1 is 1.21 bits per heavy atom. The molecule has 1 aromatic carbocycles. The Hall–Kier alpha value is -2.14. The second-order valence-electron chi connectivity index (χ2n) is 6.39. The molecule has 1 fully saturated rings. The number of fused-ring (bicyclic) bond motifs is 1. The monoisotopic (exact) mass is 328 g/mol. The third kappa shape index (κ3) is 3.36. The lowest BCUT2D eigenvalue weighted by molar-refractivity contribution is -0.124. The molecule has 0 atom stereocenters. The molecule has 0 bridgehead atoms. The Kier molecular flexibility index (Phi) is 5.00. The molecule has 0 spiro atoms. The van der Waals surface area contributed by atoms with Crippen molar-refractivity contribution in [3.63, 3.8) is 0 Å². The van der Waals surface area contributed by atoms with Crippen LogP contribution in [0.15, 0.2) is 30.5 Å². The van der Waals surface area contributed by atoms with E-state index < -0.39 is 0 Å². The summed E-state index contributed by atoms with van der Waals surface area (Å²) in [6.07, 6.45) is 7.47. The number of ether oxygens (including phenoxy) is 2. The van der Waals surface area contributed by atoms with E-state index in [9.17, 15) is 4.79 Å². The van der Waals surface area contributed by atoms with E-state index in [1.165, 1.54) is 6.42 Å². The first-order valence-corrected chi connectivity index (χ1v) is 8.44. The molecule has 1 amide bonds. The molecular weight excluding hydrogens is 304 g/mol. The molecule has 1 aromatic heterocycles. The Bertz CT molecular complexity index is 724. The van der Waals surface area contributed by atoms with Gasteiger partial charge in [-0.3, -0.25) is 9.78 Å². The van der Waals surface area contributed by atoms with E-state index in [0.717, 1.165) is 42.3 Å². The lowest BCUT2D eigenvalue weighted by Crippen LogP contribution is -2.38. The molecule has 1 saturated carbocycles. The van der Waals surface area contributed by atoms with E-state index in [2.05, 4.69) is 10.3 Å². The quantitative estimate of drug-likeness (QED) is 0.903. The Labute approximate surface area is 142 Å². The number of carbonyl (C=O) groups is 1. The third-order valence-corrected chi connectivity index (χ3v) is 4.91. The number of methoxy groups -OCH3 is 2. The molecule has 0 aliphatic heterocycles. The summed E-state index contributed by atoms with van der Waals surface area (Å²) in [6.45, 7) is 0. The molecule has 1 aliphatic rings. The number of hydrogen-bond acceptors (Lipinski definition) is 4. The van der Waals surface area contributed by atoms with E-state index in [0.29, 0.717) is 12.2 Å². The maximum atomic E-state index is 12.6. The molecule has 2 aromatic rings. The average Bonchev–Trinajstić information content (AvgIpc) is 2.62. The van der Waals surface area contributed by atoms with E-state index >= 15 is 0 Å². The summed E-state index contributed by atoms with van der Waals surface area (Å²) in [5.41, 5.74) is 1.19. The van der Waals surface area contributed by atoms with Crippen molar-refractivity contribution < 1.29 is 14.3 Å². The van der Waals surface area contributed by atoms with Gasteiger partial charge in [0.1, 0.15) is 11.3 Å². The van der Waals surface area contributed by atoms with Gasteiger partial charge in [-0.25, -0.2) is 0 Å². The van der Waals surface area contributed by atoms with Crippen LogP contribution in [0.4, 0.5) is 5.69 Å². The number of amides is 1. The molecule has 24 heavy (non-hydrogen) atoms. The Balaban J connectivity index is 1.81. The van der Waals surface area contributed by atoms with Gasteiger partial charge >= 0.3 is 0 Å². The summed E-state index contributed by atoms with van der Waals surface area (Å²) in [4.78, 5) is 17.0. The van der Waals surface area contributed by atoms with Crippen molar-refractivity contribution in [3.8, 4) is 5.75 Å². The highest BCUT2D eigenvalue weighted by Crippen LogP contribution is 2.35. The Morgan fingerprint density at radius 3 is 2.71 bits per heavy atom. The first kappa shape index (κ1) is 16.7. The zero-order chi connectivity index (χ0) is 17.0. The van der Waals surface area contributed by atoms with Crippen LogP contribution in [0.3, 0.4) is 0 Å². The zero-order valence-electron chi connectivity index (χ0n) is 14.3. The number of benzene rings is 1. The van der Waals surface area contributed by atoms with Crippen LogP contribution in [0.2, 0.25) is 0 Å². The van der Waals surface area contributed by atoms with Crippen molar-refractivity contribution in [2.45, 2.75) is 44.1 Å². The number of hydrogen-bond donors (Lipinski definition) is 1. The minimum absolute atomic E-state index is 0.0194. The third-order valence-electron chi connectivity index (χ3n) is 4.91. The van der Waals surface area contributed by atoms with Crippen molar-refractivity contribution in [2.75, 3.05) is 19.5 Å². The van der Waals surface area contributed by atoms with Gasteiger partial charge in [0.2, 0.25) is 5.91 Å². The van der Waals surface area contributed by atoms with Crippen molar-refractivity contribution in [2.24, 2.45) is 0 Å². The highest BCUT2D eigenvalue weighted by molar-refractivity contribution is 6.03.